The van der Waals surface area contributed by atoms with Crippen molar-refractivity contribution in [2.75, 3.05) is 50.3 Å². The fraction of sp³-hybridized carbons (Fsp3) is 0.510. The van der Waals surface area contributed by atoms with Crippen molar-refractivity contribution in [2.45, 2.75) is 127 Å². The van der Waals surface area contributed by atoms with Crippen molar-refractivity contribution in [1.29, 1.82) is 0 Å². The molecule has 14 nitrogen and oxygen atoms in total. The Hall–Kier alpha value is -6.52. The number of nitrogens with zero attached hydrogens (tertiary/aromatic N) is 8. The monoisotopic (exact) mass is 1040 g/mol. The topological polar surface area (TPSA) is 128 Å². The van der Waals surface area contributed by atoms with Crippen molar-refractivity contribution >= 4 is 28.6 Å². The standard InChI is InChI=1S/C51H53F9N8O6/c1-26-36(50(55,56)57)34(37(53)44(61-26)65(21-27-8-13-31(70-5)14-9-27)22-28-10-15-32(71-6)16-11-28)39-38(54)40-35-43(64-46(63-40)72-25-49-18-7-19-66(49)23-29(52)20-49)67-24-30-12-17-33(68(30)47(69)74-48(2,3)4)41(67)42(51(58,59)60)73-45(35)62-39/h8-11,13-16,29-30,33,41-42H,7,12,17-25H2,1-6H3/t29-,30-,33+,41+,42-,49+/m1/s1. The van der Waals surface area contributed by atoms with Crippen LogP contribution in [0, 0.1) is 18.6 Å². The fourth-order valence-corrected chi connectivity index (χ4v) is 11.5. The van der Waals surface area contributed by atoms with Crippen LogP contribution in [0.3, 0.4) is 0 Å². The lowest BCUT2D eigenvalue weighted by atomic mass is 9.95. The molecule has 0 N–H and O–H groups in total. The molecule has 2 aromatic carbocycles. The molecule has 396 valence electrons. The second-order valence-electron chi connectivity index (χ2n) is 20.5. The summed E-state index contributed by atoms with van der Waals surface area (Å²) < 4.78 is 174. The largest absolute Gasteiger partial charge is 0.497 e. The zero-order valence-electron chi connectivity index (χ0n) is 41.2. The number of hydrogen-bond acceptors (Lipinski definition) is 13. The Kier molecular flexibility index (Phi) is 12.9. The molecule has 10 rings (SSSR count). The van der Waals surface area contributed by atoms with E-state index in [0.29, 0.717) is 42.0 Å². The molecule has 2 bridgehead atoms. The summed E-state index contributed by atoms with van der Waals surface area (Å²) in [6, 6.07) is 8.68. The maximum absolute atomic E-state index is 18.1. The van der Waals surface area contributed by atoms with Crippen LogP contribution in [-0.4, -0.2) is 124 Å². The molecule has 6 atom stereocenters. The molecule has 1 amide bonds. The van der Waals surface area contributed by atoms with Crippen molar-refractivity contribution in [2.24, 2.45) is 0 Å². The van der Waals surface area contributed by atoms with Crippen molar-refractivity contribution in [3.05, 3.63) is 82.5 Å². The van der Waals surface area contributed by atoms with Gasteiger partial charge in [-0.2, -0.15) is 36.3 Å². The van der Waals surface area contributed by atoms with E-state index >= 15 is 35.1 Å². The number of alkyl halides is 7. The molecule has 0 aliphatic carbocycles. The van der Waals surface area contributed by atoms with E-state index in [1.807, 2.05) is 4.90 Å². The van der Waals surface area contributed by atoms with Crippen LogP contribution >= 0.6 is 0 Å². The van der Waals surface area contributed by atoms with Gasteiger partial charge in [-0.25, -0.2) is 27.9 Å². The highest BCUT2D eigenvalue weighted by atomic mass is 19.4. The van der Waals surface area contributed by atoms with Crippen LogP contribution in [0.2, 0.25) is 0 Å². The van der Waals surface area contributed by atoms with Gasteiger partial charge in [0.25, 0.3) is 0 Å². The average Bonchev–Trinajstić information content (AvgIpc) is 3.95. The molecule has 3 aromatic heterocycles. The van der Waals surface area contributed by atoms with Crippen LogP contribution in [0.25, 0.3) is 22.2 Å². The first-order valence-electron chi connectivity index (χ1n) is 24.2. The number of rotatable bonds is 11. The van der Waals surface area contributed by atoms with Gasteiger partial charge in [-0.15, -0.1) is 0 Å². The van der Waals surface area contributed by atoms with Crippen LogP contribution in [0.1, 0.15) is 75.3 Å². The predicted octanol–water partition coefficient (Wildman–Crippen LogP) is 10.2. The summed E-state index contributed by atoms with van der Waals surface area (Å²) >= 11 is 0. The fourth-order valence-electron chi connectivity index (χ4n) is 11.5. The normalized spacial score (nSPS) is 23.6. The first-order valence-corrected chi connectivity index (χ1v) is 24.2. The molecule has 4 fully saturated rings. The van der Waals surface area contributed by atoms with Crippen molar-refractivity contribution in [1.82, 2.24) is 29.7 Å². The smallest absolute Gasteiger partial charge is 0.427 e. The van der Waals surface area contributed by atoms with E-state index in [4.69, 9.17) is 23.7 Å². The lowest BCUT2D eigenvalue weighted by molar-refractivity contribution is -0.206. The number of aromatic nitrogens is 4. The van der Waals surface area contributed by atoms with Gasteiger partial charge in [0.1, 0.15) is 52.3 Å². The van der Waals surface area contributed by atoms with Gasteiger partial charge in [-0.1, -0.05) is 24.3 Å². The molecule has 5 aromatic rings. The Balaban J connectivity index is 1.18. The van der Waals surface area contributed by atoms with Gasteiger partial charge in [-0.3, -0.25) is 9.80 Å². The number of anilines is 2. The highest BCUT2D eigenvalue weighted by molar-refractivity contribution is 5.98. The second kappa shape index (κ2) is 18.7. The van der Waals surface area contributed by atoms with E-state index in [9.17, 15) is 9.18 Å². The second-order valence-corrected chi connectivity index (χ2v) is 20.5. The van der Waals surface area contributed by atoms with Gasteiger partial charge in [0.15, 0.2) is 17.5 Å². The SMILES string of the molecule is COc1ccc(CN(Cc2ccc(OC)cc2)c2nc(C)c(C(F)(F)F)c(-c3nc4c5c(nc(OC[C@@]67CCCN6C[C@H](F)C7)nc5c3F)N3C[C@H]5CC[C@@H]([C@H]3[C@H](C(F)(F)F)O4)N5C(=O)OC(C)(C)C)c2F)cc1. The Bertz CT molecular complexity index is 2910. The number of methoxy groups -OCH3 is 2. The summed E-state index contributed by atoms with van der Waals surface area (Å²) in [5, 5.41) is -0.564. The number of aryl methyl sites for hydroxylation is 1. The number of amides is 1. The van der Waals surface area contributed by atoms with Gasteiger partial charge < -0.3 is 33.5 Å². The minimum atomic E-state index is -5.45. The van der Waals surface area contributed by atoms with Gasteiger partial charge >= 0.3 is 24.5 Å². The number of pyridine rings is 2. The lowest BCUT2D eigenvalue weighted by Gasteiger charge is -2.48. The Morgan fingerprint density at radius 1 is 0.865 bits per heavy atom. The Labute approximate surface area is 419 Å². The molecule has 5 aliphatic rings. The first kappa shape index (κ1) is 51.0. The third-order valence-corrected chi connectivity index (χ3v) is 14.6. The zero-order valence-corrected chi connectivity index (χ0v) is 41.2. The predicted molar refractivity (Wildman–Crippen MR) is 251 cm³/mol. The molecule has 23 heteroatoms. The van der Waals surface area contributed by atoms with Crippen LogP contribution in [0.5, 0.6) is 23.4 Å². The number of hydrogen-bond donors (Lipinski definition) is 0. The first-order chi connectivity index (χ1) is 35.0. The van der Waals surface area contributed by atoms with Crippen molar-refractivity contribution in [3.8, 4) is 34.6 Å². The highest BCUT2D eigenvalue weighted by Gasteiger charge is 2.61. The van der Waals surface area contributed by atoms with Crippen LogP contribution in [0.15, 0.2) is 48.5 Å². The number of piperazine rings is 1. The molecule has 0 unspecified atom stereocenters. The summed E-state index contributed by atoms with van der Waals surface area (Å²) in [5.74, 6) is -4.51. The van der Waals surface area contributed by atoms with Crippen LogP contribution in [-0.2, 0) is 24.0 Å². The Morgan fingerprint density at radius 2 is 1.51 bits per heavy atom. The maximum atomic E-state index is 18.1. The van der Waals surface area contributed by atoms with Gasteiger partial charge in [0.05, 0.1) is 54.7 Å². The van der Waals surface area contributed by atoms with E-state index in [-0.39, 0.29) is 57.9 Å². The molecule has 0 spiro atoms. The number of carbonyl (C=O) groups excluding carboxylic acids is 1. The number of halogens is 9. The lowest BCUT2D eigenvalue weighted by Crippen LogP contribution is -2.68. The third-order valence-electron chi connectivity index (χ3n) is 14.6. The summed E-state index contributed by atoms with van der Waals surface area (Å²) in [6.45, 7) is 5.56. The van der Waals surface area contributed by atoms with Gasteiger partial charge in [-0.05, 0) is 95.3 Å². The number of ether oxygens (including phenoxy) is 5. The van der Waals surface area contributed by atoms with E-state index in [2.05, 4.69) is 19.9 Å². The van der Waals surface area contributed by atoms with E-state index in [1.165, 1.54) is 28.9 Å². The molecule has 5 aliphatic heterocycles. The average molecular weight is 1050 g/mol. The molecule has 74 heavy (non-hydrogen) atoms. The summed E-state index contributed by atoms with van der Waals surface area (Å²) in [4.78, 5) is 36.7. The molecule has 8 heterocycles. The minimum absolute atomic E-state index is 0.0352. The number of benzene rings is 2. The van der Waals surface area contributed by atoms with Crippen LogP contribution in [0.4, 0.5) is 55.9 Å². The Morgan fingerprint density at radius 3 is 2.11 bits per heavy atom. The van der Waals surface area contributed by atoms with Crippen molar-refractivity contribution in [3.63, 3.8) is 0 Å². The summed E-state index contributed by atoms with van der Waals surface area (Å²) in [5.41, 5.74) is -7.12. The number of fused-ring (bicyclic) bond motifs is 6. The highest BCUT2D eigenvalue weighted by Crippen LogP contribution is 2.51. The van der Waals surface area contributed by atoms with Gasteiger partial charge in [0.2, 0.25) is 12.0 Å². The summed E-state index contributed by atoms with van der Waals surface area (Å²) in [6.07, 6.45) is -14.1. The van der Waals surface area contributed by atoms with E-state index in [0.717, 1.165) is 6.92 Å². The molecule has 0 radical (unpaired) electrons. The molecular formula is C51H53F9N8O6. The van der Waals surface area contributed by atoms with Gasteiger partial charge in [0, 0.05) is 32.6 Å². The maximum Gasteiger partial charge on any atom is 0.427 e. The summed E-state index contributed by atoms with van der Waals surface area (Å²) in [7, 11) is 2.91. The number of carbonyl (C=O) groups is 1. The third kappa shape index (κ3) is 9.26. The zero-order chi connectivity index (χ0) is 52.8. The molecule has 4 saturated heterocycles. The molecule has 0 saturated carbocycles. The van der Waals surface area contributed by atoms with E-state index in [1.54, 1.807) is 69.3 Å². The molecular weight excluding hydrogens is 992 g/mol. The van der Waals surface area contributed by atoms with Crippen molar-refractivity contribution < 1.29 is 68.0 Å². The van der Waals surface area contributed by atoms with Crippen LogP contribution < -0.4 is 28.7 Å². The minimum Gasteiger partial charge on any atom is -0.497 e. The van der Waals surface area contributed by atoms with E-state index < -0.39 is 123 Å². The quantitative estimate of drug-likeness (QED) is 0.117.